The van der Waals surface area contributed by atoms with Crippen LogP contribution in [0.25, 0.3) is 21.0 Å². The van der Waals surface area contributed by atoms with Crippen molar-refractivity contribution in [2.75, 3.05) is 29.5 Å². The van der Waals surface area contributed by atoms with Crippen molar-refractivity contribution in [3.05, 3.63) is 60.5 Å². The van der Waals surface area contributed by atoms with Crippen LogP contribution in [-0.2, 0) is 14.6 Å². The maximum absolute atomic E-state index is 13.1. The second kappa shape index (κ2) is 12.1. The lowest BCUT2D eigenvalue weighted by Gasteiger charge is -2.28. The van der Waals surface area contributed by atoms with Crippen molar-refractivity contribution in [1.29, 1.82) is 5.26 Å². The minimum absolute atomic E-state index is 0. The number of aromatic nitrogens is 1. The second-order valence-electron chi connectivity index (χ2n) is 11.0. The molecule has 0 unspecified atom stereocenters. The Balaban J connectivity index is 0.000000215. The highest BCUT2D eigenvalue weighted by Gasteiger charge is 2.46. The molecule has 3 aliphatic rings. The molecule has 1 amide bonds. The smallest absolute Gasteiger partial charge is 0.248 e. The van der Waals surface area contributed by atoms with Gasteiger partial charge in [0.15, 0.2) is 9.84 Å². The van der Waals surface area contributed by atoms with Gasteiger partial charge in [0, 0.05) is 50.7 Å². The molecule has 1 saturated heterocycles. The average molecular weight is 619 g/mol. The van der Waals surface area contributed by atoms with Crippen molar-refractivity contribution in [2.45, 2.75) is 50.0 Å². The third kappa shape index (κ3) is 7.50. The van der Waals surface area contributed by atoms with Gasteiger partial charge in [0.1, 0.15) is 16.4 Å². The zero-order valence-corrected chi connectivity index (χ0v) is 24.5. The Labute approximate surface area is 248 Å². The molecule has 2 saturated carbocycles. The van der Waals surface area contributed by atoms with Gasteiger partial charge in [-0.2, -0.15) is 5.26 Å². The quantitative estimate of drug-likeness (QED) is 0.372. The minimum Gasteiger partial charge on any atom is -0.369 e. The Bertz CT molecular complexity index is 1550. The SMILES string of the molecule is N#CC1(NC(=O)C2CCC(F)(F)CC2)CC1.O=S1(=O)CCN(c2ccc(-c3cnc(-c4ccc(F)cc4)s3)cc2)CC1.[HH]. The molecule has 42 heavy (non-hydrogen) atoms. The predicted molar refractivity (Wildman–Crippen MR) is 159 cm³/mol. The van der Waals surface area contributed by atoms with Crippen LogP contribution in [0.2, 0.25) is 0 Å². The van der Waals surface area contributed by atoms with Gasteiger partial charge in [-0.05, 0) is 67.6 Å². The Kier molecular flexibility index (Phi) is 8.62. The molecule has 2 aromatic carbocycles. The Morgan fingerprint density at radius 2 is 1.60 bits per heavy atom. The first-order valence-corrected chi connectivity index (χ1v) is 16.5. The largest absolute Gasteiger partial charge is 0.369 e. The van der Waals surface area contributed by atoms with E-state index in [4.69, 9.17) is 5.26 Å². The normalized spacial score (nSPS) is 20.5. The number of nitrogens with zero attached hydrogens (tertiary/aromatic N) is 3. The van der Waals surface area contributed by atoms with Crippen LogP contribution in [0.3, 0.4) is 0 Å². The monoisotopic (exact) mass is 618 g/mol. The lowest BCUT2D eigenvalue weighted by molar-refractivity contribution is -0.129. The molecule has 0 bridgehead atoms. The first-order valence-electron chi connectivity index (χ1n) is 13.9. The van der Waals surface area contributed by atoms with Gasteiger partial charge < -0.3 is 10.2 Å². The van der Waals surface area contributed by atoms with Gasteiger partial charge in [-0.1, -0.05) is 12.1 Å². The molecular formula is C30H33F3N4O3S2. The zero-order chi connectivity index (χ0) is 30.0. The summed E-state index contributed by atoms with van der Waals surface area (Å²) in [6.45, 7) is 1.08. The number of anilines is 1. The number of nitriles is 1. The molecule has 0 radical (unpaired) electrons. The van der Waals surface area contributed by atoms with Gasteiger partial charge >= 0.3 is 0 Å². The fourth-order valence-corrected chi connectivity index (χ4v) is 7.10. The van der Waals surface area contributed by atoms with E-state index in [1.807, 2.05) is 30.5 Å². The van der Waals surface area contributed by atoms with E-state index in [1.54, 1.807) is 23.5 Å². The summed E-state index contributed by atoms with van der Waals surface area (Å²) >= 11 is 1.56. The molecule has 224 valence electrons. The molecule has 12 heteroatoms. The van der Waals surface area contributed by atoms with Crippen LogP contribution < -0.4 is 10.2 Å². The number of hydrogen-bond acceptors (Lipinski definition) is 7. The molecule has 1 N–H and O–H groups in total. The van der Waals surface area contributed by atoms with E-state index >= 15 is 0 Å². The molecular weight excluding hydrogens is 585 g/mol. The fourth-order valence-electron chi connectivity index (χ4n) is 4.97. The third-order valence-electron chi connectivity index (χ3n) is 7.87. The van der Waals surface area contributed by atoms with Gasteiger partial charge in [-0.3, -0.25) is 4.79 Å². The summed E-state index contributed by atoms with van der Waals surface area (Å²) < 4.78 is 61.9. The van der Waals surface area contributed by atoms with E-state index in [0.717, 1.165) is 26.7 Å². The summed E-state index contributed by atoms with van der Waals surface area (Å²) in [4.78, 5) is 19.3. The van der Waals surface area contributed by atoms with E-state index in [2.05, 4.69) is 21.3 Å². The lowest BCUT2D eigenvalue weighted by atomic mass is 9.86. The van der Waals surface area contributed by atoms with Crippen molar-refractivity contribution in [1.82, 2.24) is 10.3 Å². The number of thiazole rings is 1. The summed E-state index contributed by atoms with van der Waals surface area (Å²) in [5, 5.41) is 12.3. The highest BCUT2D eigenvalue weighted by atomic mass is 32.2. The number of hydrogen-bond donors (Lipinski definition) is 1. The van der Waals surface area contributed by atoms with Crippen LogP contribution in [0.15, 0.2) is 54.7 Å². The van der Waals surface area contributed by atoms with Crippen LogP contribution in [0.5, 0.6) is 0 Å². The third-order valence-corrected chi connectivity index (χ3v) is 10.6. The molecule has 2 aliphatic carbocycles. The molecule has 0 spiro atoms. The van der Waals surface area contributed by atoms with Crippen LogP contribution >= 0.6 is 11.3 Å². The highest BCUT2D eigenvalue weighted by Crippen LogP contribution is 2.39. The maximum Gasteiger partial charge on any atom is 0.248 e. The van der Waals surface area contributed by atoms with Crippen LogP contribution in [-0.4, -0.2) is 55.4 Å². The molecule has 2 heterocycles. The van der Waals surface area contributed by atoms with Crippen molar-refractivity contribution < 1.29 is 27.8 Å². The average Bonchev–Trinajstić information content (AvgIpc) is 3.57. The van der Waals surface area contributed by atoms with Gasteiger partial charge in [-0.25, -0.2) is 26.6 Å². The Hall–Kier alpha value is -3.43. The zero-order valence-electron chi connectivity index (χ0n) is 22.9. The highest BCUT2D eigenvalue weighted by molar-refractivity contribution is 7.91. The number of rotatable bonds is 5. The van der Waals surface area contributed by atoms with E-state index in [0.29, 0.717) is 25.9 Å². The second-order valence-corrected chi connectivity index (χ2v) is 14.4. The fraction of sp³-hybridized carbons (Fsp3) is 0.433. The summed E-state index contributed by atoms with van der Waals surface area (Å²) in [5.41, 5.74) is 2.31. The summed E-state index contributed by atoms with van der Waals surface area (Å²) in [6.07, 6.45) is 3.19. The van der Waals surface area contributed by atoms with Gasteiger partial charge in [0.2, 0.25) is 11.8 Å². The molecule has 0 atom stereocenters. The molecule has 6 rings (SSSR count). The van der Waals surface area contributed by atoms with Crippen molar-refractivity contribution in [3.63, 3.8) is 0 Å². The van der Waals surface area contributed by atoms with E-state index in [9.17, 15) is 26.4 Å². The van der Waals surface area contributed by atoms with Gasteiger partial charge in [-0.15, -0.1) is 11.3 Å². The number of carbonyl (C=O) groups is 1. The van der Waals surface area contributed by atoms with Crippen molar-refractivity contribution >= 4 is 32.8 Å². The Morgan fingerprint density at radius 3 is 2.17 bits per heavy atom. The Morgan fingerprint density at radius 1 is 1.00 bits per heavy atom. The summed E-state index contributed by atoms with van der Waals surface area (Å²) in [5.74, 6) is -3.01. The summed E-state index contributed by atoms with van der Waals surface area (Å²) in [7, 11) is -2.87. The van der Waals surface area contributed by atoms with E-state index < -0.39 is 21.3 Å². The number of sulfone groups is 1. The van der Waals surface area contributed by atoms with E-state index in [1.165, 1.54) is 12.1 Å². The molecule has 1 aromatic heterocycles. The number of amides is 1. The first kappa shape index (κ1) is 30.0. The lowest BCUT2D eigenvalue weighted by Crippen LogP contribution is -2.42. The van der Waals surface area contributed by atoms with Gasteiger partial charge in [0.25, 0.3) is 0 Å². The molecule has 3 fully saturated rings. The van der Waals surface area contributed by atoms with Crippen molar-refractivity contribution in [3.8, 4) is 27.1 Å². The molecule has 7 nitrogen and oxygen atoms in total. The van der Waals surface area contributed by atoms with Crippen molar-refractivity contribution in [2.24, 2.45) is 5.92 Å². The number of alkyl halides is 2. The number of nitrogens with one attached hydrogen (secondary N) is 1. The number of halogens is 3. The number of carbonyl (C=O) groups excluding carboxylic acids is 1. The van der Waals surface area contributed by atoms with Crippen LogP contribution in [0.4, 0.5) is 18.9 Å². The molecule has 3 aromatic rings. The van der Waals surface area contributed by atoms with Crippen LogP contribution in [0, 0.1) is 23.1 Å². The predicted octanol–water partition coefficient (Wildman–Crippen LogP) is 6.08. The molecule has 1 aliphatic heterocycles. The minimum atomic E-state index is -2.87. The first-order chi connectivity index (χ1) is 20.0. The van der Waals surface area contributed by atoms with Gasteiger partial charge in [0.05, 0.1) is 22.5 Å². The number of benzene rings is 2. The topological polar surface area (TPSA) is 103 Å². The maximum atomic E-state index is 13.1. The van der Waals surface area contributed by atoms with E-state index in [-0.39, 0.29) is 56.3 Å². The standard InChI is InChI=1S/C19H17FN2O2S2.C11H14F2N2O.H2/c20-16-5-1-15(2-6-16)19-21-13-18(25-19)14-3-7-17(8-4-14)22-9-11-26(23,24)12-10-22;12-11(13)3-1-8(2-4-11)9(16)15-10(7-14)5-6-10;/h1-8,13H,9-12H2;8H,1-6H2,(H,15,16);1H. The summed E-state index contributed by atoms with van der Waals surface area (Å²) in [6, 6.07) is 16.5. The van der Waals surface area contributed by atoms with Crippen LogP contribution in [0.1, 0.15) is 40.0 Å².